The van der Waals surface area contributed by atoms with Crippen LogP contribution in [-0.2, 0) is 9.59 Å². The molecule has 3 unspecified atom stereocenters. The molecule has 2 N–H and O–H groups in total. The van der Waals surface area contributed by atoms with Gasteiger partial charge in [0.05, 0.1) is 12.5 Å². The second-order valence-corrected chi connectivity index (χ2v) is 5.85. The van der Waals surface area contributed by atoms with Crippen LogP contribution >= 0.6 is 0 Å². The standard InChI is InChI=1S/C18H26O4/c1-2-3-7-15(19)12-10-14-11-13-17(20)16(14)8-5-4-6-9-18(21)22/h10,12,14,16-17,20H,2-3,6-9,11,13H2,1H3,(H,21,22). The molecule has 0 heterocycles. The Labute approximate surface area is 132 Å². The molecule has 0 radical (unpaired) electrons. The number of aliphatic carboxylic acids is 1. The van der Waals surface area contributed by atoms with Crippen molar-refractivity contribution in [1.29, 1.82) is 0 Å². The first-order chi connectivity index (χ1) is 10.5. The van der Waals surface area contributed by atoms with Crippen LogP contribution in [0.25, 0.3) is 0 Å². The molecule has 3 atom stereocenters. The lowest BCUT2D eigenvalue weighted by Gasteiger charge is -2.16. The first-order valence-electron chi connectivity index (χ1n) is 8.11. The number of hydrogen-bond donors (Lipinski definition) is 2. The maximum atomic E-state index is 11.7. The lowest BCUT2D eigenvalue weighted by atomic mass is 9.91. The van der Waals surface area contributed by atoms with E-state index in [2.05, 4.69) is 18.8 Å². The van der Waals surface area contributed by atoms with Crippen molar-refractivity contribution in [3.63, 3.8) is 0 Å². The zero-order valence-corrected chi connectivity index (χ0v) is 13.3. The highest BCUT2D eigenvalue weighted by molar-refractivity contribution is 5.89. The molecule has 1 rings (SSSR count). The summed E-state index contributed by atoms with van der Waals surface area (Å²) in [6.07, 6.45) is 8.27. The molecular formula is C18H26O4. The quantitative estimate of drug-likeness (QED) is 0.534. The van der Waals surface area contributed by atoms with Crippen molar-refractivity contribution in [1.82, 2.24) is 0 Å². The topological polar surface area (TPSA) is 74.6 Å². The highest BCUT2D eigenvalue weighted by Crippen LogP contribution is 2.35. The summed E-state index contributed by atoms with van der Waals surface area (Å²) < 4.78 is 0. The summed E-state index contributed by atoms with van der Waals surface area (Å²) in [6, 6.07) is 0. The number of carboxylic acids is 1. The van der Waals surface area contributed by atoms with Gasteiger partial charge < -0.3 is 10.2 Å². The van der Waals surface area contributed by atoms with Crippen molar-refractivity contribution >= 4 is 11.8 Å². The second-order valence-electron chi connectivity index (χ2n) is 5.85. The van der Waals surface area contributed by atoms with Gasteiger partial charge in [-0.3, -0.25) is 9.59 Å². The van der Waals surface area contributed by atoms with Gasteiger partial charge in [0.15, 0.2) is 5.78 Å². The number of ketones is 1. The molecule has 122 valence electrons. The van der Waals surface area contributed by atoms with Gasteiger partial charge in [0.1, 0.15) is 0 Å². The highest BCUT2D eigenvalue weighted by Gasteiger charge is 2.32. The fourth-order valence-corrected chi connectivity index (χ4v) is 2.72. The Morgan fingerprint density at radius 1 is 1.23 bits per heavy atom. The lowest BCUT2D eigenvalue weighted by Crippen LogP contribution is -2.17. The Morgan fingerprint density at radius 2 is 2.00 bits per heavy atom. The molecule has 1 fully saturated rings. The zero-order chi connectivity index (χ0) is 16.4. The number of unbranched alkanes of at least 4 members (excludes halogenated alkanes) is 1. The first-order valence-corrected chi connectivity index (χ1v) is 8.11. The third-order valence-corrected chi connectivity index (χ3v) is 4.07. The van der Waals surface area contributed by atoms with Gasteiger partial charge in [0.25, 0.3) is 0 Å². The Balaban J connectivity index is 2.47. The van der Waals surface area contributed by atoms with Gasteiger partial charge in [0.2, 0.25) is 0 Å². The van der Waals surface area contributed by atoms with Gasteiger partial charge in [-0.2, -0.15) is 0 Å². The van der Waals surface area contributed by atoms with Crippen LogP contribution in [0.5, 0.6) is 0 Å². The average molecular weight is 306 g/mol. The number of carbonyl (C=O) groups excluding carboxylic acids is 1. The van der Waals surface area contributed by atoms with Crippen LogP contribution in [0.3, 0.4) is 0 Å². The van der Waals surface area contributed by atoms with Gasteiger partial charge in [-0.15, -0.1) is 11.8 Å². The van der Waals surface area contributed by atoms with Gasteiger partial charge in [-0.25, -0.2) is 0 Å². The number of rotatable bonds is 8. The molecule has 4 nitrogen and oxygen atoms in total. The summed E-state index contributed by atoms with van der Waals surface area (Å²) in [6.45, 7) is 2.06. The monoisotopic (exact) mass is 306 g/mol. The molecule has 1 aliphatic rings. The summed E-state index contributed by atoms with van der Waals surface area (Å²) in [5, 5.41) is 18.6. The summed E-state index contributed by atoms with van der Waals surface area (Å²) in [7, 11) is 0. The summed E-state index contributed by atoms with van der Waals surface area (Å²) >= 11 is 0. The average Bonchev–Trinajstić information content (AvgIpc) is 2.83. The molecule has 4 heteroatoms. The Morgan fingerprint density at radius 3 is 2.68 bits per heavy atom. The van der Waals surface area contributed by atoms with Crippen molar-refractivity contribution in [2.45, 2.75) is 64.4 Å². The minimum absolute atomic E-state index is 0.0487. The number of aliphatic hydroxyl groups excluding tert-OH is 1. The molecule has 0 bridgehead atoms. The Hall–Kier alpha value is -1.60. The summed E-state index contributed by atoms with van der Waals surface area (Å²) in [5.74, 6) is 5.36. The number of hydrogen-bond acceptors (Lipinski definition) is 3. The normalized spacial score (nSPS) is 24.2. The van der Waals surface area contributed by atoms with E-state index < -0.39 is 5.97 Å². The molecule has 0 amide bonds. The van der Waals surface area contributed by atoms with Crippen molar-refractivity contribution in [3.05, 3.63) is 12.2 Å². The number of aliphatic hydroxyl groups is 1. The van der Waals surface area contributed by atoms with Gasteiger partial charge in [-0.1, -0.05) is 19.4 Å². The third kappa shape index (κ3) is 6.91. The Bertz CT molecular complexity index is 455. The van der Waals surface area contributed by atoms with E-state index in [9.17, 15) is 14.7 Å². The summed E-state index contributed by atoms with van der Waals surface area (Å²) in [5.41, 5.74) is 0. The minimum atomic E-state index is -0.846. The van der Waals surface area contributed by atoms with Crippen LogP contribution in [0, 0.1) is 23.7 Å². The van der Waals surface area contributed by atoms with Gasteiger partial charge in [0, 0.05) is 25.2 Å². The van der Waals surface area contributed by atoms with Crippen molar-refractivity contribution in [2.24, 2.45) is 11.8 Å². The lowest BCUT2D eigenvalue weighted by molar-refractivity contribution is -0.136. The first kappa shape index (κ1) is 18.4. The molecule has 1 aliphatic carbocycles. The van der Waals surface area contributed by atoms with E-state index in [-0.39, 0.29) is 30.1 Å². The molecule has 0 aromatic rings. The molecule has 22 heavy (non-hydrogen) atoms. The van der Waals surface area contributed by atoms with E-state index in [1.165, 1.54) is 0 Å². The van der Waals surface area contributed by atoms with Crippen LogP contribution in [0.15, 0.2) is 12.2 Å². The molecule has 0 aromatic heterocycles. The predicted octanol–water partition coefficient (Wildman–Crippen LogP) is 2.95. The van der Waals surface area contributed by atoms with Gasteiger partial charge >= 0.3 is 5.97 Å². The largest absolute Gasteiger partial charge is 0.481 e. The Kier molecular flexibility index (Phi) is 8.54. The van der Waals surface area contributed by atoms with E-state index in [1.807, 2.05) is 6.08 Å². The third-order valence-electron chi connectivity index (χ3n) is 4.07. The molecular weight excluding hydrogens is 280 g/mol. The van der Waals surface area contributed by atoms with E-state index in [4.69, 9.17) is 5.11 Å². The molecule has 0 saturated heterocycles. The number of carbonyl (C=O) groups is 2. The maximum Gasteiger partial charge on any atom is 0.304 e. The van der Waals surface area contributed by atoms with Crippen LogP contribution in [0.1, 0.15) is 58.3 Å². The SMILES string of the molecule is CCCCC(=O)C=CC1CCC(O)C1CC#CCCC(=O)O. The fraction of sp³-hybridized carbons (Fsp3) is 0.667. The van der Waals surface area contributed by atoms with Gasteiger partial charge in [-0.05, 0) is 31.3 Å². The fourth-order valence-electron chi connectivity index (χ4n) is 2.72. The highest BCUT2D eigenvalue weighted by atomic mass is 16.4. The number of carboxylic acid groups (broad SMARTS) is 1. The van der Waals surface area contributed by atoms with Crippen molar-refractivity contribution < 1.29 is 19.8 Å². The maximum absolute atomic E-state index is 11.7. The second kappa shape index (κ2) is 10.2. The van der Waals surface area contributed by atoms with Crippen molar-refractivity contribution in [2.75, 3.05) is 0 Å². The number of allylic oxidation sites excluding steroid dienone is 2. The van der Waals surface area contributed by atoms with E-state index in [1.54, 1.807) is 6.08 Å². The summed E-state index contributed by atoms with van der Waals surface area (Å²) in [4.78, 5) is 22.1. The molecule has 1 saturated carbocycles. The van der Waals surface area contributed by atoms with E-state index in [0.29, 0.717) is 19.3 Å². The molecule has 0 spiro atoms. The van der Waals surface area contributed by atoms with E-state index in [0.717, 1.165) is 25.7 Å². The van der Waals surface area contributed by atoms with Crippen LogP contribution in [-0.4, -0.2) is 28.1 Å². The minimum Gasteiger partial charge on any atom is -0.481 e. The molecule has 0 aromatic carbocycles. The van der Waals surface area contributed by atoms with Crippen LogP contribution in [0.4, 0.5) is 0 Å². The van der Waals surface area contributed by atoms with E-state index >= 15 is 0 Å². The van der Waals surface area contributed by atoms with Crippen LogP contribution < -0.4 is 0 Å². The smallest absolute Gasteiger partial charge is 0.304 e. The van der Waals surface area contributed by atoms with Crippen LogP contribution in [0.2, 0.25) is 0 Å². The predicted molar refractivity (Wildman–Crippen MR) is 85.2 cm³/mol. The molecule has 0 aliphatic heterocycles. The van der Waals surface area contributed by atoms with Crippen molar-refractivity contribution in [3.8, 4) is 11.8 Å². The zero-order valence-electron chi connectivity index (χ0n) is 13.3.